The number of esters is 1. The van der Waals surface area contributed by atoms with Crippen LogP contribution in [0.25, 0.3) is 0 Å². The monoisotopic (exact) mass is 540 g/mol. The summed E-state index contributed by atoms with van der Waals surface area (Å²) in [7, 11) is 0. The number of amides is 3. The maximum Gasteiger partial charge on any atom is 0.326 e. The molecule has 2 saturated carbocycles. The first-order chi connectivity index (χ1) is 14.2. The number of nitrogens with one attached hydrogen (secondary N) is 1. The molecule has 3 fully saturated rings. The van der Waals surface area contributed by atoms with Crippen LogP contribution in [0.1, 0.15) is 17.5 Å². The Balaban J connectivity index is 1.33. The lowest BCUT2D eigenvalue weighted by atomic mass is 9.81. The van der Waals surface area contributed by atoms with Crippen molar-refractivity contribution in [3.63, 3.8) is 0 Å². The summed E-state index contributed by atoms with van der Waals surface area (Å²) >= 11 is 7.26. The van der Waals surface area contributed by atoms with E-state index in [1.54, 1.807) is 0 Å². The highest BCUT2D eigenvalue weighted by molar-refractivity contribution is 9.12. The zero-order chi connectivity index (χ0) is 21.7. The number of para-hydroxylation sites is 1. The molecule has 0 radical (unpaired) electrons. The highest BCUT2D eigenvalue weighted by Gasteiger charge is 2.66. The second-order valence-corrected chi connectivity index (χ2v) is 10.4. The summed E-state index contributed by atoms with van der Waals surface area (Å²) in [5, 5.41) is 2.73. The second kappa shape index (κ2) is 8.07. The van der Waals surface area contributed by atoms with Crippen molar-refractivity contribution < 1.29 is 23.9 Å². The first kappa shape index (κ1) is 21.5. The number of carbonyl (C=O) groups excluding carboxylic acids is 4. The average molecular weight is 542 g/mol. The van der Waals surface area contributed by atoms with Crippen molar-refractivity contribution in [2.45, 2.75) is 29.9 Å². The number of likely N-dealkylation sites (tertiary alicyclic amines) is 1. The molecule has 3 aliphatic rings. The van der Waals surface area contributed by atoms with Crippen molar-refractivity contribution in [3.8, 4) is 0 Å². The van der Waals surface area contributed by atoms with Gasteiger partial charge in [-0.15, -0.1) is 0 Å². The van der Waals surface area contributed by atoms with Crippen LogP contribution in [-0.4, -0.2) is 51.4 Å². The van der Waals surface area contributed by atoms with Gasteiger partial charge in [0.2, 0.25) is 11.8 Å². The molecule has 160 valence electrons. The quantitative estimate of drug-likeness (QED) is 0.351. The maximum atomic E-state index is 12.8. The largest absolute Gasteiger partial charge is 0.454 e. The lowest BCUT2D eigenvalue weighted by molar-refractivity contribution is -0.154. The number of hydrogen-bond donors (Lipinski definition) is 1. The Morgan fingerprint density at radius 1 is 1.07 bits per heavy atom. The summed E-state index contributed by atoms with van der Waals surface area (Å²) in [4.78, 5) is 51.3. The van der Waals surface area contributed by atoms with Crippen LogP contribution in [0.4, 0.5) is 5.69 Å². The summed E-state index contributed by atoms with van der Waals surface area (Å²) < 4.78 is 5.03. The molecule has 7 nitrogen and oxygen atoms in total. The van der Waals surface area contributed by atoms with Crippen LogP contribution < -0.4 is 5.32 Å². The first-order valence-electron chi connectivity index (χ1n) is 9.85. The Kier molecular flexibility index (Phi) is 5.78. The zero-order valence-electron chi connectivity index (χ0n) is 16.6. The summed E-state index contributed by atoms with van der Waals surface area (Å²) in [6.45, 7) is 2.81. The Morgan fingerprint density at radius 3 is 2.13 bits per heavy atom. The van der Waals surface area contributed by atoms with Gasteiger partial charge in [0.1, 0.15) is 6.54 Å². The highest BCUT2D eigenvalue weighted by atomic mass is 79.9. The van der Waals surface area contributed by atoms with Crippen LogP contribution in [0, 0.1) is 37.5 Å². The van der Waals surface area contributed by atoms with E-state index in [4.69, 9.17) is 4.74 Å². The molecule has 9 heteroatoms. The van der Waals surface area contributed by atoms with E-state index < -0.39 is 25.0 Å². The number of benzene rings is 1. The van der Waals surface area contributed by atoms with Gasteiger partial charge in [0.15, 0.2) is 6.61 Å². The van der Waals surface area contributed by atoms with Crippen molar-refractivity contribution in [1.82, 2.24) is 4.90 Å². The van der Waals surface area contributed by atoms with Crippen molar-refractivity contribution >= 4 is 61.2 Å². The van der Waals surface area contributed by atoms with E-state index >= 15 is 0 Å². The van der Waals surface area contributed by atoms with Crippen LogP contribution >= 0.6 is 31.9 Å². The van der Waals surface area contributed by atoms with Gasteiger partial charge in [-0.1, -0.05) is 50.1 Å². The lowest BCUT2D eigenvalue weighted by Gasteiger charge is -2.28. The third-order valence-electron chi connectivity index (χ3n) is 6.48. The van der Waals surface area contributed by atoms with E-state index in [1.807, 2.05) is 32.0 Å². The Labute approximate surface area is 191 Å². The predicted octanol–water partition coefficient (Wildman–Crippen LogP) is 2.56. The molecule has 30 heavy (non-hydrogen) atoms. The standard InChI is InChI=1S/C21H22Br2N2O5/c1-9-4-3-5-10(2)19(9)24-13(26)8-30-14(27)7-25-20(28)15-11-6-12(16(15)21(25)29)18(23)17(11)22/h3-5,11-12,15-18H,6-8H2,1-2H3,(H,24,26)/t11-,12-,15-,16+,17+,18+/m1/s1. The van der Waals surface area contributed by atoms with E-state index in [-0.39, 0.29) is 45.1 Å². The number of nitrogens with zero attached hydrogens (tertiary/aromatic N) is 1. The molecular formula is C21H22Br2N2O5. The topological polar surface area (TPSA) is 92.8 Å². The van der Waals surface area contributed by atoms with E-state index in [1.165, 1.54) is 0 Å². The van der Waals surface area contributed by atoms with Gasteiger partial charge in [-0.3, -0.25) is 24.1 Å². The molecule has 1 heterocycles. The fourth-order valence-corrected chi connectivity index (χ4v) is 6.95. The fraction of sp³-hybridized carbons (Fsp3) is 0.524. The molecular weight excluding hydrogens is 520 g/mol. The highest BCUT2D eigenvalue weighted by Crippen LogP contribution is 2.60. The number of imide groups is 1. The lowest BCUT2D eigenvalue weighted by Crippen LogP contribution is -2.38. The van der Waals surface area contributed by atoms with Crippen LogP contribution in [-0.2, 0) is 23.9 Å². The minimum Gasteiger partial charge on any atom is -0.454 e. The SMILES string of the molecule is Cc1cccc(C)c1NC(=O)COC(=O)CN1C(=O)[C@@H]2[C@H]3C[C@@H]([C@H](Br)[C@H]3Br)[C@@H]2C1=O. The van der Waals surface area contributed by atoms with Crippen molar-refractivity contribution in [2.75, 3.05) is 18.5 Å². The smallest absolute Gasteiger partial charge is 0.326 e. The number of hydrogen-bond acceptors (Lipinski definition) is 5. The van der Waals surface area contributed by atoms with Gasteiger partial charge in [0.05, 0.1) is 11.8 Å². The van der Waals surface area contributed by atoms with Gasteiger partial charge in [0, 0.05) is 15.3 Å². The number of fused-ring (bicyclic) bond motifs is 5. The molecule has 0 unspecified atom stereocenters. The van der Waals surface area contributed by atoms with Crippen molar-refractivity contribution in [1.29, 1.82) is 0 Å². The third-order valence-corrected chi connectivity index (χ3v) is 9.68. The van der Waals surface area contributed by atoms with Crippen molar-refractivity contribution in [2.24, 2.45) is 23.7 Å². The van der Waals surface area contributed by atoms with Crippen molar-refractivity contribution in [3.05, 3.63) is 29.3 Å². The second-order valence-electron chi connectivity index (χ2n) is 8.24. The summed E-state index contributed by atoms with van der Waals surface area (Å²) in [5.74, 6) is -2.43. The van der Waals surface area contributed by atoms with Crippen LogP contribution in [0.2, 0.25) is 0 Å². The molecule has 1 N–H and O–H groups in total. The van der Waals surface area contributed by atoms with Gasteiger partial charge in [-0.25, -0.2) is 0 Å². The number of anilines is 1. The minimum absolute atomic E-state index is 0.0879. The number of alkyl halides is 2. The Hall–Kier alpha value is -1.74. The molecule has 1 aliphatic heterocycles. The molecule has 2 aliphatic carbocycles. The number of carbonyl (C=O) groups is 4. The summed E-state index contributed by atoms with van der Waals surface area (Å²) in [5.41, 5.74) is 2.49. The van der Waals surface area contributed by atoms with Crippen LogP contribution in [0.5, 0.6) is 0 Å². The zero-order valence-corrected chi connectivity index (χ0v) is 19.7. The molecule has 2 bridgehead atoms. The Morgan fingerprint density at radius 2 is 1.60 bits per heavy atom. The minimum atomic E-state index is -0.772. The maximum absolute atomic E-state index is 12.8. The predicted molar refractivity (Wildman–Crippen MR) is 116 cm³/mol. The summed E-state index contributed by atoms with van der Waals surface area (Å²) in [6.07, 6.45) is 0.829. The van der Waals surface area contributed by atoms with Gasteiger partial charge in [0.25, 0.3) is 5.91 Å². The van der Waals surface area contributed by atoms with Gasteiger partial charge in [-0.05, 0) is 43.2 Å². The van der Waals surface area contributed by atoms with E-state index in [9.17, 15) is 19.2 Å². The van der Waals surface area contributed by atoms with E-state index in [2.05, 4.69) is 37.2 Å². The molecule has 1 aromatic rings. The molecule has 0 aromatic heterocycles. The number of aryl methyl sites for hydroxylation is 2. The molecule has 6 atom stereocenters. The van der Waals surface area contributed by atoms with Gasteiger partial charge < -0.3 is 10.1 Å². The van der Waals surface area contributed by atoms with Crippen LogP contribution in [0.3, 0.4) is 0 Å². The molecule has 1 saturated heterocycles. The third kappa shape index (κ3) is 3.49. The van der Waals surface area contributed by atoms with E-state index in [0.29, 0.717) is 5.69 Å². The molecule has 3 amide bonds. The van der Waals surface area contributed by atoms with Gasteiger partial charge >= 0.3 is 5.97 Å². The molecule has 4 rings (SSSR count). The summed E-state index contributed by atoms with van der Waals surface area (Å²) in [6, 6.07) is 5.64. The Bertz CT molecular complexity index is 884. The number of rotatable bonds is 5. The van der Waals surface area contributed by atoms with E-state index in [0.717, 1.165) is 22.4 Å². The van der Waals surface area contributed by atoms with Gasteiger partial charge in [-0.2, -0.15) is 0 Å². The number of halogens is 2. The van der Waals surface area contributed by atoms with Crippen LogP contribution in [0.15, 0.2) is 18.2 Å². The molecule has 1 aromatic carbocycles. The normalized spacial score (nSPS) is 31.8. The first-order valence-corrected chi connectivity index (χ1v) is 11.7. The fourth-order valence-electron chi connectivity index (χ4n) is 5.07. The molecule has 0 spiro atoms. The number of ether oxygens (including phenoxy) is 1. The average Bonchev–Trinajstić information content (AvgIpc) is 3.30.